The molecular weight excluding hydrogens is 324 g/mol. The summed E-state index contributed by atoms with van der Waals surface area (Å²) in [4.78, 5) is 18.3. The van der Waals surface area contributed by atoms with E-state index in [4.69, 9.17) is 16.3 Å². The third-order valence-electron chi connectivity index (χ3n) is 2.92. The molecule has 0 radical (unpaired) electrons. The minimum Gasteiger partial charge on any atom is -0.495 e. The molecule has 1 aromatic carbocycles. The number of anilines is 2. The van der Waals surface area contributed by atoms with Crippen molar-refractivity contribution in [1.82, 2.24) is 9.36 Å². The molecule has 2 rings (SSSR count). The number of amides is 1. The van der Waals surface area contributed by atoms with Gasteiger partial charge in [-0.2, -0.15) is 4.37 Å². The van der Waals surface area contributed by atoms with Crippen LogP contribution in [0.4, 0.5) is 10.8 Å². The molecule has 0 spiro atoms. The number of hydrogen-bond donors (Lipinski definition) is 1. The van der Waals surface area contributed by atoms with Crippen LogP contribution >= 0.6 is 23.1 Å². The monoisotopic (exact) mass is 340 g/mol. The lowest BCUT2D eigenvalue weighted by Gasteiger charge is -2.16. The fourth-order valence-electron chi connectivity index (χ4n) is 1.79. The van der Waals surface area contributed by atoms with Gasteiger partial charge in [-0.3, -0.25) is 4.79 Å². The van der Waals surface area contributed by atoms with Gasteiger partial charge in [0.25, 0.3) is 0 Å². The van der Waals surface area contributed by atoms with Crippen molar-refractivity contribution < 1.29 is 9.53 Å². The Morgan fingerprint density at radius 1 is 1.50 bits per heavy atom. The van der Waals surface area contributed by atoms with Gasteiger partial charge in [0, 0.05) is 30.0 Å². The largest absolute Gasteiger partial charge is 0.495 e. The highest BCUT2D eigenvalue weighted by Crippen LogP contribution is 2.27. The van der Waals surface area contributed by atoms with E-state index in [-0.39, 0.29) is 12.5 Å². The van der Waals surface area contributed by atoms with E-state index in [2.05, 4.69) is 14.7 Å². The summed E-state index contributed by atoms with van der Waals surface area (Å²) in [5.74, 6) is 1.16. The van der Waals surface area contributed by atoms with Crippen LogP contribution in [0, 0.1) is 0 Å². The van der Waals surface area contributed by atoms with Crippen molar-refractivity contribution in [2.45, 2.75) is 13.3 Å². The van der Waals surface area contributed by atoms with Gasteiger partial charge in [0.1, 0.15) is 11.6 Å². The van der Waals surface area contributed by atoms with Crippen molar-refractivity contribution in [2.24, 2.45) is 0 Å². The number of hydrogen-bond acceptors (Lipinski definition) is 6. The molecule has 0 bridgehead atoms. The van der Waals surface area contributed by atoms with Gasteiger partial charge < -0.3 is 15.0 Å². The van der Waals surface area contributed by atoms with Gasteiger partial charge in [-0.25, -0.2) is 4.98 Å². The van der Waals surface area contributed by atoms with Crippen LogP contribution in [-0.4, -0.2) is 36.0 Å². The van der Waals surface area contributed by atoms with Crippen LogP contribution in [-0.2, 0) is 11.2 Å². The van der Waals surface area contributed by atoms with Crippen LogP contribution in [0.2, 0.25) is 5.02 Å². The zero-order valence-electron chi connectivity index (χ0n) is 12.6. The van der Waals surface area contributed by atoms with Crippen LogP contribution in [0.15, 0.2) is 18.2 Å². The number of nitrogens with zero attached hydrogens (tertiary/aromatic N) is 3. The summed E-state index contributed by atoms with van der Waals surface area (Å²) in [6, 6.07) is 5.06. The summed E-state index contributed by atoms with van der Waals surface area (Å²) in [5.41, 5.74) is 0.542. The molecule has 0 aliphatic rings. The molecule has 22 heavy (non-hydrogen) atoms. The minimum atomic E-state index is -0.184. The first kappa shape index (κ1) is 16.5. The maximum Gasteiger partial charge on any atom is 0.244 e. The number of ether oxygens (including phenoxy) is 1. The van der Waals surface area contributed by atoms with E-state index in [1.807, 2.05) is 6.92 Å². The van der Waals surface area contributed by atoms with Crippen molar-refractivity contribution in [1.29, 1.82) is 0 Å². The number of aromatic nitrogens is 2. The number of methoxy groups -OCH3 is 1. The summed E-state index contributed by atoms with van der Waals surface area (Å²) in [6.07, 6.45) is 0.774. The van der Waals surface area contributed by atoms with Gasteiger partial charge in [-0.05, 0) is 18.2 Å². The molecule has 0 unspecified atom stereocenters. The van der Waals surface area contributed by atoms with E-state index >= 15 is 0 Å². The summed E-state index contributed by atoms with van der Waals surface area (Å²) >= 11 is 7.22. The maximum absolute atomic E-state index is 12.2. The quantitative estimate of drug-likeness (QED) is 0.875. The van der Waals surface area contributed by atoms with Gasteiger partial charge in [-0.1, -0.05) is 18.5 Å². The van der Waals surface area contributed by atoms with E-state index in [0.717, 1.165) is 12.2 Å². The molecule has 1 N–H and O–H groups in total. The van der Waals surface area contributed by atoms with E-state index in [9.17, 15) is 4.79 Å². The van der Waals surface area contributed by atoms with E-state index < -0.39 is 0 Å². The lowest BCUT2D eigenvalue weighted by atomic mass is 10.3. The Labute approximate surface area is 138 Å². The molecule has 0 saturated heterocycles. The zero-order valence-corrected chi connectivity index (χ0v) is 14.2. The number of likely N-dealkylation sites (N-methyl/N-ethyl adjacent to an activating group) is 1. The lowest BCUT2D eigenvalue weighted by Crippen LogP contribution is -2.30. The minimum absolute atomic E-state index is 0.161. The molecule has 1 heterocycles. The summed E-state index contributed by atoms with van der Waals surface area (Å²) in [6.45, 7) is 2.15. The highest BCUT2D eigenvalue weighted by molar-refractivity contribution is 7.09. The fourth-order valence-corrected chi connectivity index (χ4v) is 2.67. The van der Waals surface area contributed by atoms with Gasteiger partial charge in [0.05, 0.1) is 19.3 Å². The topological polar surface area (TPSA) is 67.4 Å². The second-order valence-electron chi connectivity index (χ2n) is 4.60. The first-order valence-electron chi connectivity index (χ1n) is 6.70. The second kappa shape index (κ2) is 7.42. The van der Waals surface area contributed by atoms with Gasteiger partial charge >= 0.3 is 0 Å². The van der Waals surface area contributed by atoms with Crippen LogP contribution in [0.3, 0.4) is 0 Å². The Balaban J connectivity index is 2.02. The number of benzene rings is 1. The van der Waals surface area contributed by atoms with Crippen LogP contribution in [0.5, 0.6) is 5.75 Å². The average Bonchev–Trinajstić information content (AvgIpc) is 2.96. The third kappa shape index (κ3) is 4.08. The fraction of sp³-hybridized carbons (Fsp3) is 0.357. The average molecular weight is 341 g/mol. The van der Waals surface area contributed by atoms with Crippen LogP contribution in [0.25, 0.3) is 0 Å². The second-order valence-corrected chi connectivity index (χ2v) is 5.76. The molecule has 0 aliphatic carbocycles. The number of rotatable bonds is 6. The third-order valence-corrected chi connectivity index (χ3v) is 4.02. The predicted octanol–water partition coefficient (Wildman–Crippen LogP) is 2.84. The standard InChI is InChI=1S/C14H17ClN4O2S/c1-4-12-17-14(22-18-12)19(2)8-13(20)16-10-7-9(15)5-6-11(10)21-3/h5-7H,4,8H2,1-3H3,(H,16,20). The highest BCUT2D eigenvalue weighted by atomic mass is 35.5. The molecule has 118 valence electrons. The van der Waals surface area contributed by atoms with Crippen molar-refractivity contribution in [3.05, 3.63) is 29.0 Å². The Morgan fingerprint density at radius 2 is 2.27 bits per heavy atom. The Morgan fingerprint density at radius 3 is 2.91 bits per heavy atom. The Bertz CT molecular complexity index is 662. The molecule has 0 atom stereocenters. The molecule has 0 aliphatic heterocycles. The smallest absolute Gasteiger partial charge is 0.244 e. The first-order valence-corrected chi connectivity index (χ1v) is 7.85. The SMILES string of the molecule is CCc1nsc(N(C)CC(=O)Nc2cc(Cl)ccc2OC)n1. The van der Waals surface area contributed by atoms with Gasteiger partial charge in [-0.15, -0.1) is 0 Å². The molecular formula is C14H17ClN4O2S. The van der Waals surface area contributed by atoms with Crippen LogP contribution < -0.4 is 15.0 Å². The van der Waals surface area contributed by atoms with Crippen molar-refractivity contribution in [3.63, 3.8) is 0 Å². The Kier molecular flexibility index (Phi) is 5.57. The molecule has 8 heteroatoms. The number of aryl methyl sites for hydroxylation is 1. The molecule has 1 aromatic heterocycles. The predicted molar refractivity (Wildman–Crippen MR) is 89.2 cm³/mol. The van der Waals surface area contributed by atoms with Crippen molar-refractivity contribution >= 4 is 39.9 Å². The van der Waals surface area contributed by atoms with E-state index in [0.29, 0.717) is 21.6 Å². The molecule has 2 aromatic rings. The number of nitrogens with one attached hydrogen (secondary N) is 1. The number of carbonyl (C=O) groups excluding carboxylic acids is 1. The zero-order chi connectivity index (χ0) is 16.1. The lowest BCUT2D eigenvalue weighted by molar-refractivity contribution is -0.114. The van der Waals surface area contributed by atoms with Gasteiger partial charge in [0.2, 0.25) is 11.0 Å². The van der Waals surface area contributed by atoms with E-state index in [1.54, 1.807) is 37.3 Å². The normalized spacial score (nSPS) is 10.4. The number of halogens is 1. The molecule has 0 saturated carbocycles. The Hall–Kier alpha value is -1.86. The van der Waals surface area contributed by atoms with E-state index in [1.165, 1.54) is 11.5 Å². The van der Waals surface area contributed by atoms with Crippen LogP contribution in [0.1, 0.15) is 12.7 Å². The first-order chi connectivity index (χ1) is 10.5. The van der Waals surface area contributed by atoms with Gasteiger partial charge in [0.15, 0.2) is 0 Å². The number of carbonyl (C=O) groups is 1. The highest BCUT2D eigenvalue weighted by Gasteiger charge is 2.14. The van der Waals surface area contributed by atoms with Crippen molar-refractivity contribution in [3.8, 4) is 5.75 Å². The van der Waals surface area contributed by atoms with Crippen molar-refractivity contribution in [2.75, 3.05) is 30.9 Å². The summed E-state index contributed by atoms with van der Waals surface area (Å²) in [7, 11) is 3.34. The summed E-state index contributed by atoms with van der Waals surface area (Å²) < 4.78 is 9.41. The molecule has 0 fully saturated rings. The molecule has 1 amide bonds. The maximum atomic E-state index is 12.2. The molecule has 6 nitrogen and oxygen atoms in total. The summed E-state index contributed by atoms with van der Waals surface area (Å²) in [5, 5.41) is 4.03.